The number of carbonyl (C=O) groups is 2. The zero-order chi connectivity index (χ0) is 13.8. The van der Waals surface area contributed by atoms with Crippen LogP contribution < -0.4 is 5.32 Å². The Balaban J connectivity index is 1.95. The van der Waals surface area contributed by atoms with Gasteiger partial charge >= 0.3 is 5.97 Å². The Kier molecular flexibility index (Phi) is 3.61. The van der Waals surface area contributed by atoms with Crippen LogP contribution >= 0.6 is 0 Å². The number of carboxylic acids is 1. The molecule has 2 aromatic rings. The third-order valence-corrected chi connectivity index (χ3v) is 2.51. The van der Waals surface area contributed by atoms with E-state index in [-0.39, 0.29) is 17.2 Å². The maximum absolute atomic E-state index is 11.7. The van der Waals surface area contributed by atoms with Gasteiger partial charge in [-0.1, -0.05) is 17.3 Å². The molecular formula is C13H12N2O4. The maximum atomic E-state index is 11.7. The van der Waals surface area contributed by atoms with Crippen molar-refractivity contribution in [1.29, 1.82) is 0 Å². The van der Waals surface area contributed by atoms with E-state index in [9.17, 15) is 9.59 Å². The zero-order valence-electron chi connectivity index (χ0n) is 10.2. The summed E-state index contributed by atoms with van der Waals surface area (Å²) in [6, 6.07) is 7.83. The normalized spacial score (nSPS) is 10.2. The number of carboxylic acid groups (broad SMARTS) is 1. The third-order valence-electron chi connectivity index (χ3n) is 2.51. The molecule has 6 nitrogen and oxygen atoms in total. The molecule has 1 amide bonds. The van der Waals surface area contributed by atoms with Crippen molar-refractivity contribution in [2.24, 2.45) is 0 Å². The lowest BCUT2D eigenvalue weighted by Crippen LogP contribution is -2.23. The lowest BCUT2D eigenvalue weighted by atomic mass is 10.1. The van der Waals surface area contributed by atoms with Crippen LogP contribution in [0.5, 0.6) is 0 Å². The molecule has 98 valence electrons. The second-order valence-electron chi connectivity index (χ2n) is 4.01. The van der Waals surface area contributed by atoms with Gasteiger partial charge in [0.05, 0.1) is 5.56 Å². The monoisotopic (exact) mass is 260 g/mol. The minimum Gasteiger partial charge on any atom is -0.478 e. The van der Waals surface area contributed by atoms with Crippen molar-refractivity contribution in [2.45, 2.75) is 13.5 Å². The average molecular weight is 260 g/mol. The fraction of sp³-hybridized carbons (Fsp3) is 0.154. The van der Waals surface area contributed by atoms with Crippen LogP contribution in [0.15, 0.2) is 34.9 Å². The second kappa shape index (κ2) is 5.34. The molecule has 0 aliphatic carbocycles. The van der Waals surface area contributed by atoms with Crippen LogP contribution in [0.2, 0.25) is 0 Å². The Morgan fingerprint density at radius 3 is 2.53 bits per heavy atom. The third kappa shape index (κ3) is 3.19. The molecule has 0 fully saturated rings. The van der Waals surface area contributed by atoms with Gasteiger partial charge in [-0.3, -0.25) is 4.79 Å². The molecule has 2 rings (SSSR count). The fourth-order valence-electron chi connectivity index (χ4n) is 1.51. The van der Waals surface area contributed by atoms with Crippen LogP contribution in [-0.2, 0) is 6.54 Å². The molecule has 0 saturated heterocycles. The molecule has 0 spiro atoms. The van der Waals surface area contributed by atoms with Gasteiger partial charge in [-0.05, 0) is 24.6 Å². The van der Waals surface area contributed by atoms with Crippen molar-refractivity contribution < 1.29 is 19.2 Å². The quantitative estimate of drug-likeness (QED) is 0.871. The molecule has 0 unspecified atom stereocenters. The van der Waals surface area contributed by atoms with Gasteiger partial charge in [0.2, 0.25) is 0 Å². The largest absolute Gasteiger partial charge is 0.478 e. The van der Waals surface area contributed by atoms with Gasteiger partial charge in [0.25, 0.3) is 5.91 Å². The summed E-state index contributed by atoms with van der Waals surface area (Å²) < 4.78 is 4.80. The molecule has 0 aliphatic heterocycles. The summed E-state index contributed by atoms with van der Waals surface area (Å²) in [4.78, 5) is 22.4. The van der Waals surface area contributed by atoms with Gasteiger partial charge in [0.1, 0.15) is 5.76 Å². The highest BCUT2D eigenvalue weighted by Gasteiger charge is 2.10. The van der Waals surface area contributed by atoms with E-state index in [2.05, 4.69) is 10.5 Å². The van der Waals surface area contributed by atoms with E-state index < -0.39 is 5.97 Å². The first kappa shape index (κ1) is 12.8. The molecule has 0 bridgehead atoms. The molecule has 0 saturated carbocycles. The van der Waals surface area contributed by atoms with E-state index in [1.807, 2.05) is 0 Å². The van der Waals surface area contributed by atoms with Crippen LogP contribution in [0.3, 0.4) is 0 Å². The van der Waals surface area contributed by atoms with Gasteiger partial charge in [0.15, 0.2) is 5.69 Å². The van der Waals surface area contributed by atoms with Gasteiger partial charge in [0, 0.05) is 12.6 Å². The predicted molar refractivity (Wildman–Crippen MR) is 65.8 cm³/mol. The number of hydrogen-bond donors (Lipinski definition) is 2. The first-order chi connectivity index (χ1) is 9.06. The van der Waals surface area contributed by atoms with Crippen molar-refractivity contribution in [3.63, 3.8) is 0 Å². The Morgan fingerprint density at radius 1 is 1.32 bits per heavy atom. The summed E-state index contributed by atoms with van der Waals surface area (Å²) in [6.45, 7) is 2.00. The number of hydrogen-bond acceptors (Lipinski definition) is 4. The number of nitrogens with one attached hydrogen (secondary N) is 1. The maximum Gasteiger partial charge on any atom is 0.335 e. The molecule has 1 aromatic carbocycles. The highest BCUT2D eigenvalue weighted by atomic mass is 16.5. The molecule has 1 aromatic heterocycles. The van der Waals surface area contributed by atoms with Gasteiger partial charge in [-0.2, -0.15) is 0 Å². The van der Waals surface area contributed by atoms with Crippen molar-refractivity contribution in [3.05, 3.63) is 52.9 Å². The number of aryl methyl sites for hydroxylation is 1. The van der Waals surface area contributed by atoms with Crippen molar-refractivity contribution in [2.75, 3.05) is 0 Å². The van der Waals surface area contributed by atoms with E-state index in [0.29, 0.717) is 12.3 Å². The zero-order valence-corrected chi connectivity index (χ0v) is 10.2. The lowest BCUT2D eigenvalue weighted by molar-refractivity contribution is 0.0696. The van der Waals surface area contributed by atoms with E-state index in [1.54, 1.807) is 25.1 Å². The molecule has 6 heteroatoms. The molecule has 19 heavy (non-hydrogen) atoms. The smallest absolute Gasteiger partial charge is 0.335 e. The van der Waals surface area contributed by atoms with Crippen LogP contribution in [0, 0.1) is 6.92 Å². The Bertz CT molecular complexity index is 601. The SMILES string of the molecule is Cc1cc(C(=O)NCc2ccc(C(=O)O)cc2)no1. The summed E-state index contributed by atoms with van der Waals surface area (Å²) >= 11 is 0. The van der Waals surface area contributed by atoms with Crippen LogP contribution in [-0.4, -0.2) is 22.1 Å². The second-order valence-corrected chi connectivity index (χ2v) is 4.01. The number of amides is 1. The predicted octanol–water partition coefficient (Wildman–Crippen LogP) is 1.61. The number of aromatic nitrogens is 1. The lowest BCUT2D eigenvalue weighted by Gasteiger charge is -2.03. The molecule has 0 aliphatic rings. The fourth-order valence-corrected chi connectivity index (χ4v) is 1.51. The van der Waals surface area contributed by atoms with Crippen LogP contribution in [0.1, 0.15) is 32.2 Å². The molecule has 1 heterocycles. The summed E-state index contributed by atoms with van der Waals surface area (Å²) in [6.07, 6.45) is 0. The molecular weight excluding hydrogens is 248 g/mol. The number of nitrogens with zero attached hydrogens (tertiary/aromatic N) is 1. The first-order valence-electron chi connectivity index (χ1n) is 5.60. The Morgan fingerprint density at radius 2 is 2.00 bits per heavy atom. The van der Waals surface area contributed by atoms with E-state index in [0.717, 1.165) is 5.56 Å². The summed E-state index contributed by atoms with van der Waals surface area (Å²) in [5, 5.41) is 15.0. The van der Waals surface area contributed by atoms with Crippen molar-refractivity contribution >= 4 is 11.9 Å². The number of benzene rings is 1. The Hall–Kier alpha value is -2.63. The van der Waals surface area contributed by atoms with Crippen molar-refractivity contribution in [1.82, 2.24) is 10.5 Å². The minimum absolute atomic E-state index is 0.210. The number of rotatable bonds is 4. The van der Waals surface area contributed by atoms with Gasteiger partial charge in [-0.15, -0.1) is 0 Å². The Labute approximate surface area is 109 Å². The molecule has 0 atom stereocenters. The van der Waals surface area contributed by atoms with E-state index >= 15 is 0 Å². The minimum atomic E-state index is -0.978. The highest BCUT2D eigenvalue weighted by Crippen LogP contribution is 2.05. The number of carbonyl (C=O) groups excluding carboxylic acids is 1. The van der Waals surface area contributed by atoms with Crippen LogP contribution in [0.4, 0.5) is 0 Å². The average Bonchev–Trinajstić information content (AvgIpc) is 2.83. The summed E-state index contributed by atoms with van der Waals surface area (Å²) in [7, 11) is 0. The molecule has 2 N–H and O–H groups in total. The summed E-state index contributed by atoms with van der Waals surface area (Å²) in [5.41, 5.74) is 1.24. The van der Waals surface area contributed by atoms with Gasteiger partial charge < -0.3 is 14.9 Å². The highest BCUT2D eigenvalue weighted by molar-refractivity contribution is 5.92. The molecule has 0 radical (unpaired) electrons. The summed E-state index contributed by atoms with van der Waals surface area (Å²) in [5.74, 6) is -0.746. The van der Waals surface area contributed by atoms with Crippen molar-refractivity contribution in [3.8, 4) is 0 Å². The van der Waals surface area contributed by atoms with Gasteiger partial charge in [-0.25, -0.2) is 4.79 Å². The first-order valence-corrected chi connectivity index (χ1v) is 5.60. The van der Waals surface area contributed by atoms with E-state index in [4.69, 9.17) is 9.63 Å². The van der Waals surface area contributed by atoms with E-state index in [1.165, 1.54) is 12.1 Å². The standard InChI is InChI=1S/C13H12N2O4/c1-8-6-11(15-19-8)12(16)14-7-9-2-4-10(5-3-9)13(17)18/h2-6H,7H2,1H3,(H,14,16)(H,17,18). The van der Waals surface area contributed by atoms with Crippen LogP contribution in [0.25, 0.3) is 0 Å². The topological polar surface area (TPSA) is 92.4 Å². The number of aromatic carboxylic acids is 1.